The maximum Gasteiger partial charge on any atom is 0.230 e. The second kappa shape index (κ2) is 4.49. The van der Waals surface area contributed by atoms with Crippen molar-refractivity contribution in [1.82, 2.24) is 14.8 Å². The van der Waals surface area contributed by atoms with Gasteiger partial charge in [0.2, 0.25) is 11.8 Å². The Balaban J connectivity index is 1.54. The molecular formula is C13H15N3O2. The number of nitrogens with zero attached hydrogens (tertiary/aromatic N) is 3. The van der Waals surface area contributed by atoms with Crippen molar-refractivity contribution in [3.05, 3.63) is 30.1 Å². The van der Waals surface area contributed by atoms with Gasteiger partial charge >= 0.3 is 0 Å². The van der Waals surface area contributed by atoms with Gasteiger partial charge in [-0.1, -0.05) is 0 Å². The minimum atomic E-state index is -0.00596. The monoisotopic (exact) mass is 245 g/mol. The van der Waals surface area contributed by atoms with Gasteiger partial charge in [-0.15, -0.1) is 0 Å². The lowest BCUT2D eigenvalue weighted by atomic mass is 10.1. The van der Waals surface area contributed by atoms with Gasteiger partial charge in [0.05, 0.1) is 6.04 Å². The number of carbonyl (C=O) groups excluding carboxylic acids is 2. The summed E-state index contributed by atoms with van der Waals surface area (Å²) < 4.78 is 0. The second-order valence-corrected chi connectivity index (χ2v) is 4.86. The van der Waals surface area contributed by atoms with Crippen LogP contribution in [0.4, 0.5) is 0 Å². The SMILES string of the molecule is O=C1CCC(=O)N1C1CN(Cc2ccncc2)C1. The molecule has 0 aromatic carbocycles. The van der Waals surface area contributed by atoms with Crippen LogP contribution in [0.5, 0.6) is 0 Å². The quantitative estimate of drug-likeness (QED) is 0.724. The molecule has 0 radical (unpaired) electrons. The minimum absolute atomic E-state index is 0.00596. The Morgan fingerprint density at radius 1 is 1.11 bits per heavy atom. The fourth-order valence-corrected chi connectivity index (χ4v) is 2.58. The highest BCUT2D eigenvalue weighted by Gasteiger charge is 2.40. The molecule has 0 aliphatic carbocycles. The summed E-state index contributed by atoms with van der Waals surface area (Å²) in [6.45, 7) is 2.44. The first-order chi connectivity index (χ1) is 8.74. The number of rotatable bonds is 3. The summed E-state index contributed by atoms with van der Waals surface area (Å²) in [6.07, 6.45) is 4.33. The van der Waals surface area contributed by atoms with Crippen LogP contribution in [0.25, 0.3) is 0 Å². The highest BCUT2D eigenvalue weighted by Crippen LogP contribution is 2.23. The summed E-state index contributed by atoms with van der Waals surface area (Å²) in [6, 6.07) is 4.06. The Labute approximate surface area is 105 Å². The Morgan fingerprint density at radius 2 is 1.72 bits per heavy atom. The van der Waals surface area contributed by atoms with Crippen LogP contribution in [-0.2, 0) is 16.1 Å². The molecule has 3 rings (SSSR count). The van der Waals surface area contributed by atoms with Crippen molar-refractivity contribution >= 4 is 11.8 Å². The van der Waals surface area contributed by atoms with E-state index in [0.717, 1.165) is 19.6 Å². The predicted molar refractivity (Wildman–Crippen MR) is 64.4 cm³/mol. The van der Waals surface area contributed by atoms with Crippen LogP contribution in [0, 0.1) is 0 Å². The van der Waals surface area contributed by atoms with E-state index in [4.69, 9.17) is 0 Å². The third-order valence-electron chi connectivity index (χ3n) is 3.55. The van der Waals surface area contributed by atoms with E-state index in [1.54, 1.807) is 12.4 Å². The van der Waals surface area contributed by atoms with Gasteiger partial charge in [0, 0.05) is 44.9 Å². The largest absolute Gasteiger partial charge is 0.295 e. The summed E-state index contributed by atoms with van der Waals surface area (Å²) in [5.41, 5.74) is 1.21. The number of likely N-dealkylation sites (tertiary alicyclic amines) is 2. The summed E-state index contributed by atoms with van der Waals surface area (Å²) in [4.78, 5) is 30.8. The van der Waals surface area contributed by atoms with Crippen LogP contribution in [0.2, 0.25) is 0 Å². The molecular weight excluding hydrogens is 230 g/mol. The van der Waals surface area contributed by atoms with Crippen LogP contribution in [0.1, 0.15) is 18.4 Å². The third-order valence-corrected chi connectivity index (χ3v) is 3.55. The highest BCUT2D eigenvalue weighted by molar-refractivity contribution is 6.02. The Kier molecular flexibility index (Phi) is 2.83. The second-order valence-electron chi connectivity index (χ2n) is 4.86. The van der Waals surface area contributed by atoms with Gasteiger partial charge in [-0.2, -0.15) is 0 Å². The fourth-order valence-electron chi connectivity index (χ4n) is 2.58. The first kappa shape index (κ1) is 11.3. The van der Waals surface area contributed by atoms with Crippen LogP contribution < -0.4 is 0 Å². The van der Waals surface area contributed by atoms with E-state index in [2.05, 4.69) is 9.88 Å². The Morgan fingerprint density at radius 3 is 2.33 bits per heavy atom. The molecule has 2 amide bonds. The summed E-state index contributed by atoms with van der Waals surface area (Å²) in [5.74, 6) is -0.0119. The van der Waals surface area contributed by atoms with E-state index >= 15 is 0 Å². The molecule has 0 atom stereocenters. The fraction of sp³-hybridized carbons (Fsp3) is 0.462. The average molecular weight is 245 g/mol. The molecule has 3 heterocycles. The van der Waals surface area contributed by atoms with E-state index < -0.39 is 0 Å². The number of pyridine rings is 1. The highest BCUT2D eigenvalue weighted by atomic mass is 16.2. The number of amides is 2. The maximum atomic E-state index is 11.6. The number of aromatic nitrogens is 1. The molecule has 2 aliphatic heterocycles. The maximum absolute atomic E-state index is 11.6. The zero-order valence-electron chi connectivity index (χ0n) is 10.1. The lowest BCUT2D eigenvalue weighted by Crippen LogP contribution is -2.60. The first-order valence-electron chi connectivity index (χ1n) is 6.20. The first-order valence-corrected chi connectivity index (χ1v) is 6.20. The van der Waals surface area contributed by atoms with Gasteiger partial charge in [-0.25, -0.2) is 0 Å². The topological polar surface area (TPSA) is 53.5 Å². The zero-order chi connectivity index (χ0) is 12.5. The molecule has 0 bridgehead atoms. The van der Waals surface area contributed by atoms with Crippen molar-refractivity contribution < 1.29 is 9.59 Å². The third kappa shape index (κ3) is 2.01. The molecule has 2 aliphatic rings. The Bertz CT molecular complexity index is 452. The molecule has 94 valence electrons. The minimum Gasteiger partial charge on any atom is -0.295 e. The lowest BCUT2D eigenvalue weighted by Gasteiger charge is -2.43. The molecule has 5 heteroatoms. The van der Waals surface area contributed by atoms with E-state index in [0.29, 0.717) is 12.8 Å². The normalized spacial score (nSPS) is 21.4. The van der Waals surface area contributed by atoms with Crippen LogP contribution in [0.15, 0.2) is 24.5 Å². The molecule has 5 nitrogen and oxygen atoms in total. The van der Waals surface area contributed by atoms with Crippen molar-refractivity contribution in [3.63, 3.8) is 0 Å². The molecule has 1 aromatic heterocycles. The smallest absolute Gasteiger partial charge is 0.230 e. The van der Waals surface area contributed by atoms with Gasteiger partial charge in [0.15, 0.2) is 0 Å². The van der Waals surface area contributed by atoms with Crippen LogP contribution in [-0.4, -0.2) is 45.7 Å². The molecule has 1 aromatic rings. The average Bonchev–Trinajstić information content (AvgIpc) is 2.65. The standard InChI is InChI=1S/C13H15N3O2/c17-12-1-2-13(18)16(12)11-8-15(9-11)7-10-3-5-14-6-4-10/h3-6,11H,1-2,7-9H2. The van der Waals surface area contributed by atoms with E-state index in [1.807, 2.05) is 12.1 Å². The molecule has 18 heavy (non-hydrogen) atoms. The van der Waals surface area contributed by atoms with Crippen LogP contribution in [0.3, 0.4) is 0 Å². The number of carbonyl (C=O) groups is 2. The zero-order valence-corrected chi connectivity index (χ0v) is 10.1. The summed E-state index contributed by atoms with van der Waals surface area (Å²) in [7, 11) is 0. The van der Waals surface area contributed by atoms with Crippen LogP contribution >= 0.6 is 0 Å². The molecule has 0 spiro atoms. The van der Waals surface area contributed by atoms with Crippen molar-refractivity contribution in [2.75, 3.05) is 13.1 Å². The van der Waals surface area contributed by atoms with Gasteiger partial charge in [0.25, 0.3) is 0 Å². The number of imide groups is 1. The Hall–Kier alpha value is -1.75. The van der Waals surface area contributed by atoms with Gasteiger partial charge in [0.1, 0.15) is 0 Å². The predicted octanol–water partition coefficient (Wildman–Crippen LogP) is 0.415. The van der Waals surface area contributed by atoms with Gasteiger partial charge < -0.3 is 0 Å². The molecule has 0 unspecified atom stereocenters. The summed E-state index contributed by atoms with van der Waals surface area (Å²) in [5, 5.41) is 0. The molecule has 0 N–H and O–H groups in total. The molecule has 2 saturated heterocycles. The van der Waals surface area contributed by atoms with Crippen molar-refractivity contribution in [2.45, 2.75) is 25.4 Å². The number of hydrogen-bond donors (Lipinski definition) is 0. The molecule has 2 fully saturated rings. The van der Waals surface area contributed by atoms with E-state index in [-0.39, 0.29) is 17.9 Å². The van der Waals surface area contributed by atoms with Crippen molar-refractivity contribution in [1.29, 1.82) is 0 Å². The van der Waals surface area contributed by atoms with E-state index in [1.165, 1.54) is 10.5 Å². The van der Waals surface area contributed by atoms with Gasteiger partial charge in [-0.3, -0.25) is 24.4 Å². The van der Waals surface area contributed by atoms with E-state index in [9.17, 15) is 9.59 Å². The summed E-state index contributed by atoms with van der Waals surface area (Å²) >= 11 is 0. The van der Waals surface area contributed by atoms with Crippen molar-refractivity contribution in [2.24, 2.45) is 0 Å². The van der Waals surface area contributed by atoms with Crippen molar-refractivity contribution in [3.8, 4) is 0 Å². The number of hydrogen-bond acceptors (Lipinski definition) is 4. The molecule has 0 saturated carbocycles. The van der Waals surface area contributed by atoms with Gasteiger partial charge in [-0.05, 0) is 17.7 Å². The lowest BCUT2D eigenvalue weighted by molar-refractivity contribution is -0.145.